The largest absolute Gasteiger partial charge is 0.324 e. The Balaban J connectivity index is 2.52. The third kappa shape index (κ3) is 1.69. The zero-order valence-electron chi connectivity index (χ0n) is 9.14. The highest BCUT2D eigenvalue weighted by Gasteiger charge is 2.15. The van der Waals surface area contributed by atoms with E-state index in [0.29, 0.717) is 0 Å². The van der Waals surface area contributed by atoms with Crippen LogP contribution in [0.25, 0.3) is 0 Å². The Bertz CT molecular complexity index is 339. The van der Waals surface area contributed by atoms with Crippen molar-refractivity contribution in [3.8, 4) is 0 Å². The van der Waals surface area contributed by atoms with E-state index in [2.05, 4.69) is 26.0 Å². The van der Waals surface area contributed by atoms with Gasteiger partial charge >= 0.3 is 0 Å². The number of fused-ring (bicyclic) bond motifs is 1. The molecule has 2 rings (SSSR count). The third-order valence-electron chi connectivity index (χ3n) is 3.13. The summed E-state index contributed by atoms with van der Waals surface area (Å²) in [6.07, 6.45) is 5.15. The van der Waals surface area contributed by atoms with Gasteiger partial charge in [-0.3, -0.25) is 0 Å². The summed E-state index contributed by atoms with van der Waals surface area (Å²) in [4.78, 5) is 0. The standard InChI is InChI=1S/C13H19N/c1-9-7-11-5-3-4-6-12(11)13(8-9)10(2)14/h7-8,10H,3-6,14H2,1-2H3/t10-/m0/s1. The molecule has 0 aromatic heterocycles. The van der Waals surface area contributed by atoms with Gasteiger partial charge in [-0.2, -0.15) is 0 Å². The molecule has 1 nitrogen and oxygen atoms in total. The lowest BCUT2D eigenvalue weighted by atomic mass is 9.85. The van der Waals surface area contributed by atoms with Gasteiger partial charge in [0.1, 0.15) is 0 Å². The van der Waals surface area contributed by atoms with Gasteiger partial charge in [0.2, 0.25) is 0 Å². The van der Waals surface area contributed by atoms with Gasteiger partial charge in [0, 0.05) is 6.04 Å². The van der Waals surface area contributed by atoms with E-state index in [1.54, 1.807) is 5.56 Å². The van der Waals surface area contributed by atoms with E-state index in [9.17, 15) is 0 Å². The number of nitrogens with two attached hydrogens (primary N) is 1. The lowest BCUT2D eigenvalue weighted by Crippen LogP contribution is -2.13. The highest BCUT2D eigenvalue weighted by Crippen LogP contribution is 2.28. The molecule has 14 heavy (non-hydrogen) atoms. The first-order valence-corrected chi connectivity index (χ1v) is 5.56. The minimum Gasteiger partial charge on any atom is -0.324 e. The van der Waals surface area contributed by atoms with Gasteiger partial charge < -0.3 is 5.73 Å². The third-order valence-corrected chi connectivity index (χ3v) is 3.13. The van der Waals surface area contributed by atoms with Crippen molar-refractivity contribution in [1.82, 2.24) is 0 Å². The SMILES string of the molecule is Cc1cc2c(c([C@H](C)N)c1)CCCC2. The van der Waals surface area contributed by atoms with Crippen LogP contribution in [-0.2, 0) is 12.8 Å². The molecule has 0 unspecified atom stereocenters. The van der Waals surface area contributed by atoms with Crippen LogP contribution < -0.4 is 5.73 Å². The number of hydrogen-bond acceptors (Lipinski definition) is 1. The monoisotopic (exact) mass is 189 g/mol. The maximum absolute atomic E-state index is 6.01. The molecular formula is C13H19N. The van der Waals surface area contributed by atoms with Crippen molar-refractivity contribution in [2.45, 2.75) is 45.6 Å². The summed E-state index contributed by atoms with van der Waals surface area (Å²) in [5, 5.41) is 0. The molecule has 0 bridgehead atoms. The molecule has 1 aliphatic carbocycles. The van der Waals surface area contributed by atoms with E-state index >= 15 is 0 Å². The predicted molar refractivity (Wildman–Crippen MR) is 60.4 cm³/mol. The van der Waals surface area contributed by atoms with Crippen molar-refractivity contribution in [3.05, 3.63) is 34.4 Å². The van der Waals surface area contributed by atoms with E-state index in [1.807, 2.05) is 0 Å². The second-order valence-corrected chi connectivity index (χ2v) is 4.49. The molecule has 76 valence electrons. The van der Waals surface area contributed by atoms with Crippen molar-refractivity contribution in [1.29, 1.82) is 0 Å². The normalized spacial score (nSPS) is 17.6. The van der Waals surface area contributed by atoms with Crippen LogP contribution in [0.2, 0.25) is 0 Å². The maximum Gasteiger partial charge on any atom is 0.0269 e. The Labute approximate surface area is 86.3 Å². The molecule has 0 radical (unpaired) electrons. The van der Waals surface area contributed by atoms with Crippen molar-refractivity contribution in [2.24, 2.45) is 5.73 Å². The fourth-order valence-electron chi connectivity index (χ4n) is 2.47. The Kier molecular flexibility index (Phi) is 2.60. The molecule has 1 atom stereocenters. The summed E-state index contributed by atoms with van der Waals surface area (Å²) < 4.78 is 0. The van der Waals surface area contributed by atoms with E-state index in [0.717, 1.165) is 0 Å². The van der Waals surface area contributed by atoms with Crippen LogP contribution in [0.4, 0.5) is 0 Å². The number of benzene rings is 1. The van der Waals surface area contributed by atoms with Gasteiger partial charge in [0.15, 0.2) is 0 Å². The summed E-state index contributed by atoms with van der Waals surface area (Å²) in [7, 11) is 0. The highest BCUT2D eigenvalue weighted by atomic mass is 14.6. The molecule has 0 saturated heterocycles. The summed E-state index contributed by atoms with van der Waals surface area (Å²) >= 11 is 0. The number of hydrogen-bond donors (Lipinski definition) is 1. The van der Waals surface area contributed by atoms with Crippen LogP contribution in [0.15, 0.2) is 12.1 Å². The first kappa shape index (κ1) is 9.72. The fourth-order valence-corrected chi connectivity index (χ4v) is 2.47. The van der Waals surface area contributed by atoms with Crippen molar-refractivity contribution in [2.75, 3.05) is 0 Å². The summed E-state index contributed by atoms with van der Waals surface area (Å²) in [5.74, 6) is 0. The van der Waals surface area contributed by atoms with Gasteiger partial charge in [-0.25, -0.2) is 0 Å². The fraction of sp³-hybridized carbons (Fsp3) is 0.538. The molecule has 0 aliphatic heterocycles. The van der Waals surface area contributed by atoms with E-state index < -0.39 is 0 Å². The molecule has 0 spiro atoms. The minimum atomic E-state index is 0.182. The maximum atomic E-state index is 6.01. The first-order valence-electron chi connectivity index (χ1n) is 5.56. The second-order valence-electron chi connectivity index (χ2n) is 4.49. The Morgan fingerprint density at radius 3 is 2.64 bits per heavy atom. The predicted octanol–water partition coefficient (Wildman–Crippen LogP) is 2.89. The molecule has 0 heterocycles. The lowest BCUT2D eigenvalue weighted by molar-refractivity contribution is 0.665. The molecule has 0 saturated carbocycles. The smallest absolute Gasteiger partial charge is 0.0269 e. The molecule has 1 heteroatoms. The van der Waals surface area contributed by atoms with Crippen LogP contribution in [-0.4, -0.2) is 0 Å². The molecule has 1 aliphatic rings. The van der Waals surface area contributed by atoms with E-state index in [-0.39, 0.29) is 6.04 Å². The van der Waals surface area contributed by atoms with Gasteiger partial charge in [-0.15, -0.1) is 0 Å². The molecule has 2 N–H and O–H groups in total. The molecule has 0 fully saturated rings. The summed E-state index contributed by atoms with van der Waals surface area (Å²) in [6, 6.07) is 4.77. The summed E-state index contributed by atoms with van der Waals surface area (Å²) in [5.41, 5.74) is 11.8. The van der Waals surface area contributed by atoms with Gasteiger partial charge in [-0.05, 0) is 56.2 Å². The Morgan fingerprint density at radius 2 is 1.93 bits per heavy atom. The van der Waals surface area contributed by atoms with E-state index in [4.69, 9.17) is 5.73 Å². The van der Waals surface area contributed by atoms with Crippen LogP contribution in [0.3, 0.4) is 0 Å². The van der Waals surface area contributed by atoms with Crippen molar-refractivity contribution >= 4 is 0 Å². The average Bonchev–Trinajstić information content (AvgIpc) is 2.16. The van der Waals surface area contributed by atoms with E-state index in [1.165, 1.54) is 42.4 Å². The highest BCUT2D eigenvalue weighted by molar-refractivity contribution is 5.41. The van der Waals surface area contributed by atoms with Crippen LogP contribution in [0.5, 0.6) is 0 Å². The van der Waals surface area contributed by atoms with Crippen molar-refractivity contribution < 1.29 is 0 Å². The minimum absolute atomic E-state index is 0.182. The number of aryl methyl sites for hydroxylation is 2. The molecule has 1 aromatic rings. The Morgan fingerprint density at radius 1 is 1.21 bits per heavy atom. The molecule has 1 aromatic carbocycles. The second kappa shape index (κ2) is 3.74. The number of rotatable bonds is 1. The Hall–Kier alpha value is -0.820. The van der Waals surface area contributed by atoms with Crippen LogP contribution >= 0.6 is 0 Å². The van der Waals surface area contributed by atoms with Gasteiger partial charge in [0.05, 0.1) is 0 Å². The first-order chi connectivity index (χ1) is 6.68. The quantitative estimate of drug-likeness (QED) is 0.722. The van der Waals surface area contributed by atoms with Gasteiger partial charge in [-0.1, -0.05) is 17.7 Å². The van der Waals surface area contributed by atoms with Crippen molar-refractivity contribution in [3.63, 3.8) is 0 Å². The van der Waals surface area contributed by atoms with Gasteiger partial charge in [0.25, 0.3) is 0 Å². The zero-order chi connectivity index (χ0) is 10.1. The van der Waals surface area contributed by atoms with Crippen LogP contribution in [0.1, 0.15) is 48.1 Å². The zero-order valence-corrected chi connectivity index (χ0v) is 9.14. The lowest BCUT2D eigenvalue weighted by Gasteiger charge is -2.22. The molecular weight excluding hydrogens is 170 g/mol. The summed E-state index contributed by atoms with van der Waals surface area (Å²) in [6.45, 7) is 4.25. The van der Waals surface area contributed by atoms with Crippen LogP contribution in [0, 0.1) is 6.92 Å². The topological polar surface area (TPSA) is 26.0 Å². The average molecular weight is 189 g/mol. The molecule has 0 amide bonds.